The lowest BCUT2D eigenvalue weighted by Crippen LogP contribution is -2.14. The van der Waals surface area contributed by atoms with Crippen molar-refractivity contribution >= 4 is 60.8 Å². The van der Waals surface area contributed by atoms with Gasteiger partial charge in [-0.05, 0) is 87.0 Å². The van der Waals surface area contributed by atoms with Crippen LogP contribution < -0.4 is 9.80 Å². The summed E-state index contributed by atoms with van der Waals surface area (Å²) in [6.07, 6.45) is 1.09. The van der Waals surface area contributed by atoms with Gasteiger partial charge in [-0.2, -0.15) is 0 Å². The summed E-state index contributed by atoms with van der Waals surface area (Å²) in [4.78, 5) is 4.92. The van der Waals surface area contributed by atoms with Crippen molar-refractivity contribution in [3.63, 3.8) is 0 Å². The maximum absolute atomic E-state index is 2.51. The molecule has 1 aliphatic rings. The Labute approximate surface area is 275 Å². The van der Waals surface area contributed by atoms with E-state index in [2.05, 4.69) is 158 Å². The van der Waals surface area contributed by atoms with Gasteiger partial charge in [0.25, 0.3) is 0 Å². The second kappa shape index (κ2) is 12.9. The minimum Gasteiger partial charge on any atom is -0.340 e. The molecule has 232 valence electrons. The Hall–Kier alpha value is -4.82. The molecule has 0 atom stereocenters. The van der Waals surface area contributed by atoms with Gasteiger partial charge in [0.05, 0.1) is 5.69 Å². The predicted molar refractivity (Wildman–Crippen MR) is 203 cm³/mol. The van der Waals surface area contributed by atoms with Crippen LogP contribution in [0.4, 0.5) is 28.4 Å². The van der Waals surface area contributed by atoms with Crippen LogP contribution in [0.15, 0.2) is 127 Å². The molecule has 0 radical (unpaired) electrons. The summed E-state index contributed by atoms with van der Waals surface area (Å²) in [7, 11) is 0. The average molecular weight is 603 g/mol. The fourth-order valence-electron chi connectivity index (χ4n) is 6.90. The summed E-state index contributed by atoms with van der Waals surface area (Å²) in [5, 5.41) is 7.85. The van der Waals surface area contributed by atoms with Crippen molar-refractivity contribution in [2.24, 2.45) is 0 Å². The Kier molecular flexibility index (Phi) is 8.73. The standard InChI is InChI=1S/C40H34N2.2C2H6/c1-40(2,3)30-17-19-32(20-18-30)42(31-10-5-4-6-11-31)37-24-16-29-13-21-33-36(41-26-25-27-9-7-8-12-35(27)41)23-15-28-14-22-34(37)39(29)38(28)33;2*1-2/h4-24H,25-26H2,1-3H3;2*1-2H3. The van der Waals surface area contributed by atoms with Gasteiger partial charge in [0, 0.05) is 40.1 Å². The molecule has 1 aliphatic heterocycles. The SMILES string of the molecule is CC.CC.CC(C)(C)c1ccc(N(c2ccccc2)c2ccc3ccc4c(N5CCc6ccccc65)ccc5ccc2c3c54)cc1. The van der Waals surface area contributed by atoms with Gasteiger partial charge in [0.2, 0.25) is 0 Å². The zero-order valence-corrected chi connectivity index (χ0v) is 28.4. The van der Waals surface area contributed by atoms with Crippen molar-refractivity contribution in [2.75, 3.05) is 16.3 Å². The molecule has 1 heterocycles. The van der Waals surface area contributed by atoms with Crippen LogP contribution in [-0.2, 0) is 11.8 Å². The average Bonchev–Trinajstić information content (AvgIpc) is 3.54. The first-order chi connectivity index (χ1) is 22.5. The molecule has 0 unspecified atom stereocenters. The van der Waals surface area contributed by atoms with Gasteiger partial charge in [-0.3, -0.25) is 0 Å². The Morgan fingerprint density at radius 1 is 0.522 bits per heavy atom. The lowest BCUT2D eigenvalue weighted by molar-refractivity contribution is 0.590. The van der Waals surface area contributed by atoms with Crippen LogP contribution in [0.1, 0.15) is 59.6 Å². The Morgan fingerprint density at radius 2 is 1.09 bits per heavy atom. The quantitative estimate of drug-likeness (QED) is 0.185. The lowest BCUT2D eigenvalue weighted by Gasteiger charge is -2.29. The molecule has 0 N–H and O–H groups in total. The third-order valence-electron chi connectivity index (χ3n) is 9.04. The Bertz CT molecular complexity index is 2070. The molecular weight excluding hydrogens is 556 g/mol. The van der Waals surface area contributed by atoms with E-state index in [0.717, 1.165) is 18.7 Å². The third-order valence-corrected chi connectivity index (χ3v) is 9.04. The first-order valence-corrected chi connectivity index (χ1v) is 17.0. The Morgan fingerprint density at radius 3 is 1.78 bits per heavy atom. The van der Waals surface area contributed by atoms with E-state index in [1.54, 1.807) is 0 Å². The summed E-state index contributed by atoms with van der Waals surface area (Å²) in [5.41, 5.74) is 9.03. The van der Waals surface area contributed by atoms with Crippen LogP contribution in [0.25, 0.3) is 32.3 Å². The fourth-order valence-corrected chi connectivity index (χ4v) is 6.90. The van der Waals surface area contributed by atoms with Crippen LogP contribution in [-0.4, -0.2) is 6.54 Å². The topological polar surface area (TPSA) is 6.48 Å². The molecule has 0 saturated heterocycles. The van der Waals surface area contributed by atoms with Gasteiger partial charge in [-0.15, -0.1) is 0 Å². The number of hydrogen-bond donors (Lipinski definition) is 0. The maximum atomic E-state index is 2.51. The molecule has 46 heavy (non-hydrogen) atoms. The second-order valence-electron chi connectivity index (χ2n) is 12.6. The van der Waals surface area contributed by atoms with Gasteiger partial charge in [-0.25, -0.2) is 0 Å². The summed E-state index contributed by atoms with van der Waals surface area (Å²) in [6, 6.07) is 47.2. The van der Waals surface area contributed by atoms with Crippen LogP contribution >= 0.6 is 0 Å². The number of anilines is 5. The van der Waals surface area contributed by atoms with Crippen LogP contribution in [0.2, 0.25) is 0 Å². The van der Waals surface area contributed by atoms with E-state index in [9.17, 15) is 0 Å². The molecule has 0 saturated carbocycles. The number of nitrogens with zero attached hydrogens (tertiary/aromatic N) is 2. The van der Waals surface area contributed by atoms with Crippen LogP contribution in [0, 0.1) is 0 Å². The largest absolute Gasteiger partial charge is 0.340 e. The molecule has 0 spiro atoms. The second-order valence-corrected chi connectivity index (χ2v) is 12.6. The molecule has 0 aliphatic carbocycles. The number of rotatable bonds is 4. The van der Waals surface area contributed by atoms with Gasteiger partial charge in [-0.1, -0.05) is 133 Å². The third kappa shape index (κ3) is 5.36. The van der Waals surface area contributed by atoms with E-state index in [0.29, 0.717) is 0 Å². The van der Waals surface area contributed by atoms with Crippen molar-refractivity contribution in [1.29, 1.82) is 0 Å². The van der Waals surface area contributed by atoms with E-state index in [1.807, 2.05) is 27.7 Å². The van der Waals surface area contributed by atoms with Crippen molar-refractivity contribution in [3.05, 3.63) is 139 Å². The van der Waals surface area contributed by atoms with Crippen molar-refractivity contribution in [2.45, 2.75) is 60.3 Å². The fraction of sp³-hybridized carbons (Fsp3) is 0.227. The molecule has 0 fully saturated rings. The normalized spacial score (nSPS) is 12.5. The number of hydrogen-bond acceptors (Lipinski definition) is 2. The number of fused-ring (bicyclic) bond motifs is 1. The Balaban J connectivity index is 0.000000896. The highest BCUT2D eigenvalue weighted by Crippen LogP contribution is 2.47. The molecular formula is C44H46N2. The lowest BCUT2D eigenvalue weighted by atomic mass is 9.87. The highest BCUT2D eigenvalue weighted by molar-refractivity contribution is 6.28. The molecule has 7 aromatic carbocycles. The minimum atomic E-state index is 0.108. The smallest absolute Gasteiger partial charge is 0.0540 e. The molecule has 7 aromatic rings. The van der Waals surface area contributed by atoms with E-state index in [4.69, 9.17) is 0 Å². The summed E-state index contributed by atoms with van der Waals surface area (Å²) in [5.74, 6) is 0. The monoisotopic (exact) mass is 602 g/mol. The maximum Gasteiger partial charge on any atom is 0.0540 e. The first-order valence-electron chi connectivity index (χ1n) is 17.0. The van der Waals surface area contributed by atoms with E-state index in [1.165, 1.54) is 66.2 Å². The van der Waals surface area contributed by atoms with Gasteiger partial charge in [0.1, 0.15) is 0 Å². The van der Waals surface area contributed by atoms with Crippen LogP contribution in [0.3, 0.4) is 0 Å². The minimum absolute atomic E-state index is 0.108. The summed E-state index contributed by atoms with van der Waals surface area (Å²) >= 11 is 0. The van der Waals surface area contributed by atoms with E-state index in [-0.39, 0.29) is 5.41 Å². The predicted octanol–water partition coefficient (Wildman–Crippen LogP) is 13.1. The molecule has 0 aromatic heterocycles. The number of benzene rings is 7. The van der Waals surface area contributed by atoms with Gasteiger partial charge in [0.15, 0.2) is 0 Å². The summed E-state index contributed by atoms with van der Waals surface area (Å²) < 4.78 is 0. The van der Waals surface area contributed by atoms with E-state index < -0.39 is 0 Å². The number of para-hydroxylation sites is 2. The van der Waals surface area contributed by atoms with Crippen molar-refractivity contribution in [3.8, 4) is 0 Å². The van der Waals surface area contributed by atoms with E-state index >= 15 is 0 Å². The molecule has 8 rings (SSSR count). The van der Waals surface area contributed by atoms with Gasteiger partial charge < -0.3 is 9.80 Å². The molecule has 2 nitrogen and oxygen atoms in total. The highest BCUT2D eigenvalue weighted by atomic mass is 15.2. The molecule has 2 heteroatoms. The zero-order valence-electron chi connectivity index (χ0n) is 28.4. The first kappa shape index (κ1) is 31.2. The zero-order chi connectivity index (χ0) is 32.4. The van der Waals surface area contributed by atoms with Crippen molar-refractivity contribution < 1.29 is 0 Å². The molecule has 0 bridgehead atoms. The van der Waals surface area contributed by atoms with Crippen LogP contribution in [0.5, 0.6) is 0 Å². The highest BCUT2D eigenvalue weighted by Gasteiger charge is 2.24. The van der Waals surface area contributed by atoms with Gasteiger partial charge >= 0.3 is 0 Å². The summed E-state index contributed by atoms with van der Waals surface area (Å²) in [6.45, 7) is 15.8. The van der Waals surface area contributed by atoms with Crippen molar-refractivity contribution in [1.82, 2.24) is 0 Å². The molecule has 0 amide bonds.